The summed E-state index contributed by atoms with van der Waals surface area (Å²) in [5, 5.41) is 13.4. The van der Waals surface area contributed by atoms with E-state index in [0.717, 1.165) is 33.3 Å². The van der Waals surface area contributed by atoms with Crippen molar-refractivity contribution in [3.8, 4) is 11.5 Å². The molecule has 5 heteroatoms. The minimum atomic E-state index is -0.793. The third kappa shape index (κ3) is 1.63. The molecular weight excluding hydrogens is 316 g/mol. The van der Waals surface area contributed by atoms with Gasteiger partial charge in [-0.15, -0.1) is 0 Å². The average molecular weight is 330 g/mol. The van der Waals surface area contributed by atoms with Crippen molar-refractivity contribution < 1.29 is 14.6 Å². The van der Waals surface area contributed by atoms with Gasteiger partial charge in [-0.2, -0.15) is 0 Å². The molecule has 4 heterocycles. The van der Waals surface area contributed by atoms with Crippen LogP contribution in [0.2, 0.25) is 0 Å². The van der Waals surface area contributed by atoms with E-state index in [1.54, 1.807) is 6.20 Å². The van der Waals surface area contributed by atoms with E-state index in [9.17, 15) is 5.11 Å². The first kappa shape index (κ1) is 13.3. The molecule has 1 unspecified atom stereocenters. The summed E-state index contributed by atoms with van der Waals surface area (Å²) in [6.45, 7) is 0.881. The largest absolute Gasteiger partial charge is 0.454 e. The van der Waals surface area contributed by atoms with Crippen LogP contribution in [-0.2, 0) is 6.54 Å². The van der Waals surface area contributed by atoms with Crippen LogP contribution in [0.4, 0.5) is 0 Å². The Hall–Kier alpha value is -3.05. The number of aliphatic hydroxyl groups is 1. The topological polar surface area (TPSA) is 56.5 Å². The lowest BCUT2D eigenvalue weighted by Gasteiger charge is -2.13. The molecular formula is C20H14N2O3. The first-order valence-electron chi connectivity index (χ1n) is 8.27. The molecule has 2 aliphatic heterocycles. The summed E-state index contributed by atoms with van der Waals surface area (Å²) >= 11 is 0. The SMILES string of the molecule is OC1c2cc3c(cc2Cn2c4ccccc4c4ccnc1c42)OCO3. The number of nitrogens with zero attached hydrogens (tertiary/aromatic N) is 2. The Morgan fingerprint density at radius 3 is 2.80 bits per heavy atom. The molecule has 0 saturated heterocycles. The number of benzene rings is 2. The zero-order valence-electron chi connectivity index (χ0n) is 13.3. The molecule has 6 rings (SSSR count). The Morgan fingerprint density at radius 2 is 1.88 bits per heavy atom. The maximum absolute atomic E-state index is 11.1. The first-order chi connectivity index (χ1) is 12.3. The highest BCUT2D eigenvalue weighted by molar-refractivity contribution is 6.09. The second-order valence-electron chi connectivity index (χ2n) is 6.50. The van der Waals surface area contributed by atoms with Crippen LogP contribution in [0.5, 0.6) is 11.5 Å². The second-order valence-corrected chi connectivity index (χ2v) is 6.50. The predicted molar refractivity (Wildman–Crippen MR) is 93.0 cm³/mol. The van der Waals surface area contributed by atoms with Crippen molar-refractivity contribution >= 4 is 21.8 Å². The monoisotopic (exact) mass is 330 g/mol. The summed E-state index contributed by atoms with van der Waals surface area (Å²) in [6, 6.07) is 14.2. The normalized spacial score (nSPS) is 17.7. The average Bonchev–Trinajstić information content (AvgIpc) is 3.20. The van der Waals surface area contributed by atoms with Gasteiger partial charge in [0.05, 0.1) is 11.2 Å². The smallest absolute Gasteiger partial charge is 0.231 e. The van der Waals surface area contributed by atoms with Crippen LogP contribution in [0.3, 0.4) is 0 Å². The fourth-order valence-electron chi connectivity index (χ4n) is 4.10. The Morgan fingerprint density at radius 1 is 1.04 bits per heavy atom. The molecule has 122 valence electrons. The van der Waals surface area contributed by atoms with Crippen molar-refractivity contribution in [3.63, 3.8) is 0 Å². The van der Waals surface area contributed by atoms with Gasteiger partial charge >= 0.3 is 0 Å². The lowest BCUT2D eigenvalue weighted by molar-refractivity contribution is 0.173. The van der Waals surface area contributed by atoms with E-state index in [-0.39, 0.29) is 6.79 Å². The molecule has 2 aromatic heterocycles. The minimum absolute atomic E-state index is 0.222. The summed E-state index contributed by atoms with van der Waals surface area (Å²) in [7, 11) is 0. The molecule has 2 aromatic carbocycles. The van der Waals surface area contributed by atoms with Crippen molar-refractivity contribution in [1.82, 2.24) is 9.55 Å². The summed E-state index contributed by atoms with van der Waals surface area (Å²) in [6.07, 6.45) is 0.981. The fourth-order valence-corrected chi connectivity index (χ4v) is 4.10. The van der Waals surface area contributed by atoms with Crippen molar-refractivity contribution in [3.05, 3.63) is 65.5 Å². The van der Waals surface area contributed by atoms with Crippen LogP contribution in [-0.4, -0.2) is 21.5 Å². The van der Waals surface area contributed by atoms with Crippen molar-refractivity contribution in [2.45, 2.75) is 12.6 Å². The van der Waals surface area contributed by atoms with Crippen LogP contribution in [0.15, 0.2) is 48.7 Å². The van der Waals surface area contributed by atoms with E-state index in [1.807, 2.05) is 30.3 Å². The van der Waals surface area contributed by atoms with Crippen molar-refractivity contribution in [2.24, 2.45) is 0 Å². The van der Waals surface area contributed by atoms with E-state index in [1.165, 1.54) is 5.39 Å². The van der Waals surface area contributed by atoms with Gasteiger partial charge in [-0.3, -0.25) is 4.98 Å². The maximum atomic E-state index is 11.1. The van der Waals surface area contributed by atoms with Crippen LogP contribution >= 0.6 is 0 Å². The molecule has 0 bridgehead atoms. The molecule has 0 spiro atoms. The lowest BCUT2D eigenvalue weighted by atomic mass is 9.99. The number of fused-ring (bicyclic) bond motifs is 5. The summed E-state index contributed by atoms with van der Waals surface area (Å²) in [4.78, 5) is 4.52. The third-order valence-corrected chi connectivity index (χ3v) is 5.22. The number of pyridine rings is 1. The maximum Gasteiger partial charge on any atom is 0.231 e. The third-order valence-electron chi connectivity index (χ3n) is 5.22. The van der Waals surface area contributed by atoms with Crippen LogP contribution in [0.25, 0.3) is 21.8 Å². The molecule has 1 atom stereocenters. The van der Waals surface area contributed by atoms with Gasteiger partial charge in [0.2, 0.25) is 6.79 Å². The highest BCUT2D eigenvalue weighted by atomic mass is 16.7. The standard InChI is InChI=1S/C20H14N2O3/c23-20-14-8-17-16(24-10-25-17)7-11(14)9-22-15-4-2-1-3-12(15)13-5-6-21-18(20)19(13)22/h1-8,20,23H,9-10H2. The highest BCUT2D eigenvalue weighted by Crippen LogP contribution is 2.43. The van der Waals surface area contributed by atoms with E-state index in [0.29, 0.717) is 18.0 Å². The van der Waals surface area contributed by atoms with E-state index >= 15 is 0 Å². The second kappa shape index (κ2) is 4.52. The minimum Gasteiger partial charge on any atom is -0.454 e. The Kier molecular flexibility index (Phi) is 2.40. The van der Waals surface area contributed by atoms with Gasteiger partial charge in [-0.05, 0) is 35.4 Å². The van der Waals surface area contributed by atoms with Crippen LogP contribution in [0, 0.1) is 0 Å². The molecule has 5 nitrogen and oxygen atoms in total. The summed E-state index contributed by atoms with van der Waals surface area (Å²) < 4.78 is 13.3. The Bertz CT molecular complexity index is 1180. The quantitative estimate of drug-likeness (QED) is 0.537. The van der Waals surface area contributed by atoms with Crippen LogP contribution in [0.1, 0.15) is 22.9 Å². The molecule has 1 N–H and O–H groups in total. The number of para-hydroxylation sites is 1. The molecule has 0 amide bonds. The van der Waals surface area contributed by atoms with E-state index in [2.05, 4.69) is 21.7 Å². The van der Waals surface area contributed by atoms with E-state index < -0.39 is 6.10 Å². The van der Waals surface area contributed by atoms with Crippen molar-refractivity contribution in [1.29, 1.82) is 0 Å². The Labute approximate surface area is 143 Å². The van der Waals surface area contributed by atoms with Gasteiger partial charge in [0, 0.05) is 29.0 Å². The van der Waals surface area contributed by atoms with Crippen LogP contribution < -0.4 is 9.47 Å². The number of hydrogen-bond donors (Lipinski definition) is 1. The lowest BCUT2D eigenvalue weighted by Crippen LogP contribution is -2.04. The van der Waals surface area contributed by atoms with Gasteiger partial charge in [0.25, 0.3) is 0 Å². The van der Waals surface area contributed by atoms with Gasteiger partial charge in [-0.25, -0.2) is 0 Å². The van der Waals surface area contributed by atoms with Crippen molar-refractivity contribution in [2.75, 3.05) is 6.79 Å². The number of ether oxygens (including phenoxy) is 2. The van der Waals surface area contributed by atoms with E-state index in [4.69, 9.17) is 9.47 Å². The first-order valence-corrected chi connectivity index (χ1v) is 8.27. The van der Waals surface area contributed by atoms with Gasteiger partial charge in [0.15, 0.2) is 11.5 Å². The number of aromatic nitrogens is 2. The summed E-state index contributed by atoms with van der Waals surface area (Å²) in [5.41, 5.74) is 4.68. The van der Waals surface area contributed by atoms with Gasteiger partial charge < -0.3 is 19.1 Å². The van der Waals surface area contributed by atoms with Gasteiger partial charge in [-0.1, -0.05) is 18.2 Å². The number of rotatable bonds is 0. The predicted octanol–water partition coefficient (Wildman–Crippen LogP) is 3.36. The fraction of sp³-hybridized carbons (Fsp3) is 0.150. The van der Waals surface area contributed by atoms with Gasteiger partial charge in [0.1, 0.15) is 6.10 Å². The zero-order chi connectivity index (χ0) is 16.5. The zero-order valence-corrected chi connectivity index (χ0v) is 13.3. The molecule has 0 fully saturated rings. The molecule has 4 aromatic rings. The molecule has 0 saturated carbocycles. The highest BCUT2D eigenvalue weighted by Gasteiger charge is 2.29. The number of aliphatic hydroxyl groups excluding tert-OH is 1. The molecule has 0 radical (unpaired) electrons. The molecule has 0 aliphatic carbocycles. The summed E-state index contributed by atoms with van der Waals surface area (Å²) in [5.74, 6) is 1.42. The molecule has 2 aliphatic rings. The number of hydrogen-bond acceptors (Lipinski definition) is 4. The molecule has 25 heavy (non-hydrogen) atoms. The Balaban J connectivity index is 1.74.